The van der Waals surface area contributed by atoms with Gasteiger partial charge >= 0.3 is 0 Å². The van der Waals surface area contributed by atoms with Crippen molar-refractivity contribution in [1.82, 2.24) is 20.5 Å². The van der Waals surface area contributed by atoms with Crippen LogP contribution in [0.2, 0.25) is 0 Å². The highest BCUT2D eigenvalue weighted by molar-refractivity contribution is 6.27. The molecule has 0 unspecified atom stereocenters. The van der Waals surface area contributed by atoms with Crippen LogP contribution in [0.25, 0.3) is 11.1 Å². The van der Waals surface area contributed by atoms with Gasteiger partial charge < -0.3 is 15.0 Å². The number of aromatic amines is 1. The molecule has 2 aromatic carbocycles. The normalized spacial score (nSPS) is 18.7. The Morgan fingerprint density at radius 3 is 2.48 bits per heavy atom. The van der Waals surface area contributed by atoms with E-state index in [0.717, 1.165) is 35.3 Å². The van der Waals surface area contributed by atoms with E-state index in [1.54, 1.807) is 0 Å². The fourth-order valence-corrected chi connectivity index (χ4v) is 3.94. The van der Waals surface area contributed by atoms with E-state index in [9.17, 15) is 4.79 Å². The highest BCUT2D eigenvalue weighted by atomic mass is 16.5. The molecule has 0 saturated heterocycles. The maximum absolute atomic E-state index is 13.3. The summed E-state index contributed by atoms with van der Waals surface area (Å²) < 4.78 is 5.79. The number of unbranched alkanes of at least 4 members (excludes halogenated alkanes) is 1. The SMILES string of the molecule is CCCCOc1ccc([C@]2(C)CC(c3ccc(C)cc3)=C(c3nnc[nH]3)C(=O)N2)cc1. The van der Waals surface area contributed by atoms with Crippen molar-refractivity contribution in [1.29, 1.82) is 0 Å². The summed E-state index contributed by atoms with van der Waals surface area (Å²) in [6.07, 6.45) is 4.26. The van der Waals surface area contributed by atoms with Crippen LogP contribution in [0.1, 0.15) is 55.6 Å². The third-order valence-corrected chi connectivity index (χ3v) is 5.76. The Morgan fingerprint density at radius 1 is 1.10 bits per heavy atom. The minimum Gasteiger partial charge on any atom is -0.494 e. The van der Waals surface area contributed by atoms with Gasteiger partial charge in [0.15, 0.2) is 5.82 Å². The minimum absolute atomic E-state index is 0.163. The number of H-pyrrole nitrogens is 1. The van der Waals surface area contributed by atoms with Gasteiger partial charge in [-0.2, -0.15) is 0 Å². The number of aryl methyl sites for hydroxylation is 1. The summed E-state index contributed by atoms with van der Waals surface area (Å²) in [7, 11) is 0. The number of hydrogen-bond acceptors (Lipinski definition) is 4. The number of hydrogen-bond donors (Lipinski definition) is 2. The van der Waals surface area contributed by atoms with Crippen molar-refractivity contribution >= 4 is 17.1 Å². The highest BCUT2D eigenvalue weighted by Crippen LogP contribution is 2.41. The molecule has 31 heavy (non-hydrogen) atoms. The summed E-state index contributed by atoms with van der Waals surface area (Å²) >= 11 is 0. The lowest BCUT2D eigenvalue weighted by atomic mass is 9.78. The largest absolute Gasteiger partial charge is 0.494 e. The second-order valence-corrected chi connectivity index (χ2v) is 8.25. The zero-order valence-electron chi connectivity index (χ0n) is 18.2. The van der Waals surface area contributed by atoms with Crippen molar-refractivity contribution in [3.05, 3.63) is 77.4 Å². The molecule has 0 radical (unpaired) electrons. The van der Waals surface area contributed by atoms with Gasteiger partial charge in [-0.25, -0.2) is 0 Å². The molecule has 1 aliphatic rings. The van der Waals surface area contributed by atoms with E-state index in [1.165, 1.54) is 11.9 Å². The van der Waals surface area contributed by atoms with Crippen molar-refractivity contribution in [2.24, 2.45) is 0 Å². The summed E-state index contributed by atoms with van der Waals surface area (Å²) in [6.45, 7) is 6.97. The quantitative estimate of drug-likeness (QED) is 0.550. The summed E-state index contributed by atoms with van der Waals surface area (Å²) in [5, 5.41) is 11.2. The molecule has 4 rings (SSSR count). The number of rotatable bonds is 7. The summed E-state index contributed by atoms with van der Waals surface area (Å²) in [5.41, 5.74) is 4.15. The first kappa shape index (κ1) is 20.8. The van der Waals surface area contributed by atoms with Gasteiger partial charge in [0, 0.05) is 6.42 Å². The number of nitrogens with zero attached hydrogens (tertiary/aromatic N) is 2. The standard InChI is InChI=1S/C25H28N4O2/c1-4-5-14-31-20-12-10-19(11-13-20)25(3)15-21(18-8-6-17(2)7-9-18)22(24(30)28-25)23-26-16-27-29-23/h6-13,16H,4-5,14-15H2,1-3H3,(H,28,30)(H,26,27,29)/t25-/m0/s1. The van der Waals surface area contributed by atoms with Crippen LogP contribution in [-0.2, 0) is 10.3 Å². The second-order valence-electron chi connectivity index (χ2n) is 8.25. The number of amides is 1. The van der Waals surface area contributed by atoms with Crippen LogP contribution in [0.5, 0.6) is 5.75 Å². The molecule has 0 saturated carbocycles. The maximum atomic E-state index is 13.3. The van der Waals surface area contributed by atoms with E-state index in [1.807, 2.05) is 24.3 Å². The fourth-order valence-electron chi connectivity index (χ4n) is 3.94. The first-order valence-electron chi connectivity index (χ1n) is 10.7. The van der Waals surface area contributed by atoms with E-state index in [-0.39, 0.29) is 5.91 Å². The molecule has 2 N–H and O–H groups in total. The number of aromatic nitrogens is 3. The molecule has 0 fully saturated rings. The minimum atomic E-state index is -0.553. The molecule has 160 valence electrons. The average Bonchev–Trinajstić information content (AvgIpc) is 3.29. The van der Waals surface area contributed by atoms with Crippen LogP contribution in [0.4, 0.5) is 0 Å². The van der Waals surface area contributed by atoms with Gasteiger partial charge in [-0.3, -0.25) is 4.79 Å². The van der Waals surface area contributed by atoms with Crippen molar-refractivity contribution < 1.29 is 9.53 Å². The molecule has 1 aromatic heterocycles. The lowest BCUT2D eigenvalue weighted by molar-refractivity contribution is -0.117. The number of nitrogens with one attached hydrogen (secondary N) is 2. The van der Waals surface area contributed by atoms with Gasteiger partial charge in [0.25, 0.3) is 5.91 Å². The lowest BCUT2D eigenvalue weighted by Crippen LogP contribution is -2.47. The van der Waals surface area contributed by atoms with Gasteiger partial charge in [-0.1, -0.05) is 55.3 Å². The van der Waals surface area contributed by atoms with Crippen LogP contribution in [0, 0.1) is 6.92 Å². The molecule has 0 spiro atoms. The van der Waals surface area contributed by atoms with Crippen LogP contribution in [0.3, 0.4) is 0 Å². The molecule has 3 aromatic rings. The maximum Gasteiger partial charge on any atom is 0.256 e. The zero-order chi connectivity index (χ0) is 21.8. The van der Waals surface area contributed by atoms with Crippen molar-refractivity contribution in [2.75, 3.05) is 6.61 Å². The van der Waals surface area contributed by atoms with Gasteiger partial charge in [0.1, 0.15) is 12.1 Å². The molecule has 6 nitrogen and oxygen atoms in total. The number of carbonyl (C=O) groups is 1. The van der Waals surface area contributed by atoms with Gasteiger partial charge in [0.05, 0.1) is 17.7 Å². The van der Waals surface area contributed by atoms with E-state index in [2.05, 4.69) is 65.5 Å². The Kier molecular flexibility index (Phi) is 5.89. The van der Waals surface area contributed by atoms with Crippen molar-refractivity contribution in [2.45, 2.75) is 45.6 Å². The number of benzene rings is 2. The van der Waals surface area contributed by atoms with E-state index in [4.69, 9.17) is 4.74 Å². The van der Waals surface area contributed by atoms with Crippen LogP contribution >= 0.6 is 0 Å². The third kappa shape index (κ3) is 4.38. The lowest BCUT2D eigenvalue weighted by Gasteiger charge is -2.37. The van der Waals surface area contributed by atoms with Gasteiger partial charge in [-0.05, 0) is 49.1 Å². The Balaban J connectivity index is 1.70. The molecule has 6 heteroatoms. The predicted molar refractivity (Wildman–Crippen MR) is 121 cm³/mol. The summed E-state index contributed by atoms with van der Waals surface area (Å²) in [5.74, 6) is 1.17. The van der Waals surface area contributed by atoms with E-state index >= 15 is 0 Å². The van der Waals surface area contributed by atoms with E-state index in [0.29, 0.717) is 24.4 Å². The smallest absolute Gasteiger partial charge is 0.256 e. The fraction of sp³-hybridized carbons (Fsp3) is 0.320. The Bertz CT molecular complexity index is 1070. The first-order chi connectivity index (χ1) is 15.0. The average molecular weight is 417 g/mol. The molecule has 2 heterocycles. The Morgan fingerprint density at radius 2 is 1.84 bits per heavy atom. The summed E-state index contributed by atoms with van der Waals surface area (Å²) in [4.78, 5) is 16.3. The van der Waals surface area contributed by atoms with Crippen LogP contribution < -0.4 is 10.1 Å². The van der Waals surface area contributed by atoms with Crippen molar-refractivity contribution in [3.63, 3.8) is 0 Å². The molecule has 1 amide bonds. The number of ether oxygens (including phenoxy) is 1. The van der Waals surface area contributed by atoms with Crippen molar-refractivity contribution in [3.8, 4) is 5.75 Å². The summed E-state index contributed by atoms with van der Waals surface area (Å²) in [6, 6.07) is 16.3. The molecule has 1 atom stereocenters. The third-order valence-electron chi connectivity index (χ3n) is 5.76. The van der Waals surface area contributed by atoms with Crippen LogP contribution in [-0.4, -0.2) is 27.7 Å². The van der Waals surface area contributed by atoms with E-state index < -0.39 is 5.54 Å². The monoisotopic (exact) mass is 416 g/mol. The predicted octanol–water partition coefficient (Wildman–Crippen LogP) is 4.64. The first-order valence-corrected chi connectivity index (χ1v) is 10.7. The van der Waals surface area contributed by atoms with Crippen LogP contribution in [0.15, 0.2) is 54.9 Å². The molecule has 0 aliphatic carbocycles. The topological polar surface area (TPSA) is 79.9 Å². The molecule has 1 aliphatic heterocycles. The molecular weight excluding hydrogens is 388 g/mol. The zero-order valence-corrected chi connectivity index (χ0v) is 18.2. The second kappa shape index (κ2) is 8.76. The molecule has 0 bridgehead atoms. The Labute approximate surface area is 182 Å². The van der Waals surface area contributed by atoms with Gasteiger partial charge in [0.2, 0.25) is 0 Å². The number of carbonyl (C=O) groups excluding carboxylic acids is 1. The van der Waals surface area contributed by atoms with Gasteiger partial charge in [-0.15, -0.1) is 10.2 Å². The highest BCUT2D eigenvalue weighted by Gasteiger charge is 2.38. The molecular formula is C25H28N4O2. The Hall–Kier alpha value is -3.41.